The third-order valence-electron chi connectivity index (χ3n) is 7.22. The molecular weight excluding hydrogens is 485 g/mol. The van der Waals surface area contributed by atoms with E-state index in [2.05, 4.69) is 10.2 Å². The molecule has 2 aliphatic rings. The number of aryl methyl sites for hydroxylation is 2. The van der Waals surface area contributed by atoms with Gasteiger partial charge in [-0.05, 0) is 75.3 Å². The van der Waals surface area contributed by atoms with Crippen molar-refractivity contribution in [2.24, 2.45) is 11.8 Å². The third kappa shape index (κ3) is 5.34. The number of hydroxylamine groups is 2. The molecule has 7 nitrogen and oxygen atoms in total. The summed E-state index contributed by atoms with van der Waals surface area (Å²) in [6.07, 6.45) is 3.25. The second-order valence-electron chi connectivity index (χ2n) is 9.78. The van der Waals surface area contributed by atoms with E-state index in [1.165, 1.54) is 23.3 Å². The van der Waals surface area contributed by atoms with Crippen LogP contribution >= 0.6 is 0 Å². The Morgan fingerprint density at radius 3 is 2.32 bits per heavy atom. The summed E-state index contributed by atoms with van der Waals surface area (Å²) in [4.78, 5) is 18.8. The molecule has 1 saturated carbocycles. The van der Waals surface area contributed by atoms with Gasteiger partial charge in [0.1, 0.15) is 23.3 Å². The molecule has 1 saturated heterocycles. The Kier molecular flexibility index (Phi) is 7.19. The number of carbonyl (C=O) groups excluding carboxylic acids is 1. The first-order valence-electron chi connectivity index (χ1n) is 12.5. The Labute approximate surface area is 213 Å². The van der Waals surface area contributed by atoms with E-state index in [0.717, 1.165) is 24.6 Å². The first-order chi connectivity index (χ1) is 17.8. The molecule has 1 aliphatic carbocycles. The van der Waals surface area contributed by atoms with Crippen molar-refractivity contribution in [1.29, 1.82) is 0 Å². The predicted molar refractivity (Wildman–Crippen MR) is 128 cm³/mol. The number of nitrogens with zero attached hydrogens (tertiary/aromatic N) is 4. The van der Waals surface area contributed by atoms with E-state index in [4.69, 9.17) is 9.57 Å². The van der Waals surface area contributed by atoms with Gasteiger partial charge in [-0.15, -0.1) is 10.2 Å². The number of aromatic nitrogens is 3. The SMILES string of the molecule is Cc1nnc(C)n1-c1ccc(F)c(OC[C@H]2CC[C@H](C(=O)N3OCC[C@H]3c3cc(F)cc(F)c3)CC2)c1. The topological polar surface area (TPSA) is 69.5 Å². The summed E-state index contributed by atoms with van der Waals surface area (Å²) in [5, 5.41) is 9.39. The number of rotatable bonds is 6. The van der Waals surface area contributed by atoms with Crippen LogP contribution < -0.4 is 4.74 Å². The van der Waals surface area contributed by atoms with Crippen molar-refractivity contribution in [2.75, 3.05) is 13.2 Å². The minimum Gasteiger partial charge on any atom is -0.490 e. The van der Waals surface area contributed by atoms with Crippen molar-refractivity contribution in [3.8, 4) is 11.4 Å². The van der Waals surface area contributed by atoms with Gasteiger partial charge in [0.2, 0.25) is 5.91 Å². The predicted octanol–water partition coefficient (Wildman–Crippen LogP) is 5.39. The highest BCUT2D eigenvalue weighted by atomic mass is 19.1. The fourth-order valence-corrected chi connectivity index (χ4v) is 5.30. The summed E-state index contributed by atoms with van der Waals surface area (Å²) >= 11 is 0. The molecule has 0 bridgehead atoms. The van der Waals surface area contributed by atoms with Crippen LogP contribution in [-0.4, -0.2) is 38.9 Å². The largest absolute Gasteiger partial charge is 0.490 e. The van der Waals surface area contributed by atoms with Crippen LogP contribution in [0, 0.1) is 43.1 Å². The number of halogens is 3. The molecule has 2 aromatic carbocycles. The molecule has 2 heterocycles. The maximum atomic E-state index is 14.5. The van der Waals surface area contributed by atoms with Crippen molar-refractivity contribution in [1.82, 2.24) is 19.8 Å². The highest BCUT2D eigenvalue weighted by Crippen LogP contribution is 2.37. The number of hydrogen-bond acceptors (Lipinski definition) is 5. The zero-order chi connectivity index (χ0) is 26.1. The van der Waals surface area contributed by atoms with Gasteiger partial charge in [-0.3, -0.25) is 14.2 Å². The first kappa shape index (κ1) is 25.3. The van der Waals surface area contributed by atoms with Crippen molar-refractivity contribution < 1.29 is 27.5 Å². The van der Waals surface area contributed by atoms with Crippen molar-refractivity contribution in [2.45, 2.75) is 52.0 Å². The number of amides is 1. The minimum atomic E-state index is -0.677. The average Bonchev–Trinajstić information content (AvgIpc) is 3.49. The molecule has 1 aliphatic heterocycles. The second kappa shape index (κ2) is 10.5. The van der Waals surface area contributed by atoms with E-state index in [9.17, 15) is 18.0 Å². The quantitative estimate of drug-likeness (QED) is 0.441. The van der Waals surface area contributed by atoms with Gasteiger partial charge in [-0.25, -0.2) is 18.2 Å². The molecule has 10 heteroatoms. The Hall–Kier alpha value is -3.40. The van der Waals surface area contributed by atoms with E-state index in [1.54, 1.807) is 12.1 Å². The van der Waals surface area contributed by atoms with Gasteiger partial charge >= 0.3 is 0 Å². The summed E-state index contributed by atoms with van der Waals surface area (Å²) in [7, 11) is 0. The summed E-state index contributed by atoms with van der Waals surface area (Å²) < 4.78 is 49.6. The van der Waals surface area contributed by atoms with Crippen LogP contribution in [-0.2, 0) is 9.63 Å². The molecule has 0 unspecified atom stereocenters. The maximum Gasteiger partial charge on any atom is 0.249 e. The molecule has 0 N–H and O–H groups in total. The number of benzene rings is 2. The van der Waals surface area contributed by atoms with E-state index >= 15 is 0 Å². The van der Waals surface area contributed by atoms with Crippen LogP contribution in [0.5, 0.6) is 5.75 Å². The van der Waals surface area contributed by atoms with Gasteiger partial charge in [-0.1, -0.05) is 0 Å². The lowest BCUT2D eigenvalue weighted by molar-refractivity contribution is -0.183. The van der Waals surface area contributed by atoms with Crippen LogP contribution in [0.1, 0.15) is 55.4 Å². The Bertz CT molecular complexity index is 1250. The van der Waals surface area contributed by atoms with Gasteiger partial charge in [0, 0.05) is 24.5 Å². The van der Waals surface area contributed by atoms with Gasteiger partial charge in [0.25, 0.3) is 0 Å². The van der Waals surface area contributed by atoms with E-state index in [1.807, 2.05) is 18.4 Å². The molecule has 2 fully saturated rings. The molecule has 196 valence electrons. The number of hydrogen-bond donors (Lipinski definition) is 0. The lowest BCUT2D eigenvalue weighted by Gasteiger charge is -2.32. The number of carbonyl (C=O) groups is 1. The van der Waals surface area contributed by atoms with Crippen molar-refractivity contribution >= 4 is 5.91 Å². The van der Waals surface area contributed by atoms with Gasteiger partial charge < -0.3 is 4.74 Å². The van der Waals surface area contributed by atoms with Gasteiger partial charge in [-0.2, -0.15) is 0 Å². The van der Waals surface area contributed by atoms with Gasteiger partial charge in [0.05, 0.1) is 24.9 Å². The molecule has 37 heavy (non-hydrogen) atoms. The Morgan fingerprint density at radius 1 is 0.973 bits per heavy atom. The fraction of sp³-hybridized carbons (Fsp3) is 0.444. The monoisotopic (exact) mass is 514 g/mol. The molecule has 5 rings (SSSR count). The molecule has 1 amide bonds. The Balaban J connectivity index is 1.18. The third-order valence-corrected chi connectivity index (χ3v) is 7.22. The van der Waals surface area contributed by atoms with Crippen LogP contribution in [0.3, 0.4) is 0 Å². The highest BCUT2D eigenvalue weighted by Gasteiger charge is 2.37. The highest BCUT2D eigenvalue weighted by molar-refractivity contribution is 5.78. The second-order valence-corrected chi connectivity index (χ2v) is 9.78. The zero-order valence-corrected chi connectivity index (χ0v) is 20.8. The molecule has 3 aromatic rings. The maximum absolute atomic E-state index is 14.5. The molecule has 1 aromatic heterocycles. The lowest BCUT2D eigenvalue weighted by atomic mass is 9.81. The van der Waals surface area contributed by atoms with E-state index in [0.29, 0.717) is 49.7 Å². The molecule has 0 radical (unpaired) electrons. The molecule has 1 atom stereocenters. The smallest absolute Gasteiger partial charge is 0.249 e. The lowest BCUT2D eigenvalue weighted by Crippen LogP contribution is -2.37. The van der Waals surface area contributed by atoms with Crippen LogP contribution in [0.4, 0.5) is 13.2 Å². The van der Waals surface area contributed by atoms with E-state index in [-0.39, 0.29) is 23.5 Å². The summed E-state index contributed by atoms with van der Waals surface area (Å²) in [6, 6.07) is 7.48. The summed E-state index contributed by atoms with van der Waals surface area (Å²) in [5.41, 5.74) is 1.12. The fourth-order valence-electron chi connectivity index (χ4n) is 5.30. The van der Waals surface area contributed by atoms with E-state index < -0.39 is 23.5 Å². The van der Waals surface area contributed by atoms with Crippen LogP contribution in [0.15, 0.2) is 36.4 Å². The first-order valence-corrected chi connectivity index (χ1v) is 12.5. The average molecular weight is 515 g/mol. The number of ether oxygens (including phenoxy) is 1. The summed E-state index contributed by atoms with van der Waals surface area (Å²) in [5.74, 6) is -0.457. The Morgan fingerprint density at radius 2 is 1.65 bits per heavy atom. The van der Waals surface area contributed by atoms with Crippen LogP contribution in [0.2, 0.25) is 0 Å². The van der Waals surface area contributed by atoms with Gasteiger partial charge in [0.15, 0.2) is 11.6 Å². The molecular formula is C27H29F3N4O3. The van der Waals surface area contributed by atoms with Crippen LogP contribution in [0.25, 0.3) is 5.69 Å². The zero-order valence-electron chi connectivity index (χ0n) is 20.8. The van der Waals surface area contributed by atoms with Crippen molar-refractivity contribution in [3.63, 3.8) is 0 Å². The molecule has 0 spiro atoms. The van der Waals surface area contributed by atoms with Crippen molar-refractivity contribution in [3.05, 3.63) is 71.1 Å². The summed E-state index contributed by atoms with van der Waals surface area (Å²) in [6.45, 7) is 4.31. The normalized spacial score (nSPS) is 21.9. The minimum absolute atomic E-state index is 0.162. The standard InChI is InChI=1S/C27H29F3N4O3/c1-16-31-32-17(2)33(16)23-7-8-24(30)26(14-23)36-15-18-3-5-19(6-4-18)27(35)34-25(9-10-37-34)20-11-21(28)13-22(29)12-20/h7-8,11-14,18-19,25H,3-6,9-10,15H2,1-2H3/t18-,19-,25-/m0/s1.